The fourth-order valence-corrected chi connectivity index (χ4v) is 0.433. The van der Waals surface area contributed by atoms with E-state index in [4.69, 9.17) is 11.5 Å². The van der Waals surface area contributed by atoms with Crippen molar-refractivity contribution in [1.82, 2.24) is 0 Å². The van der Waals surface area contributed by atoms with Crippen LogP contribution in [0.4, 0.5) is 0 Å². The minimum Gasteiger partial charge on any atom is -0.370 e. The summed E-state index contributed by atoms with van der Waals surface area (Å²) < 4.78 is 0. The summed E-state index contributed by atoms with van der Waals surface area (Å²) in [5, 5.41) is 0. The molecule has 0 saturated carbocycles. The summed E-state index contributed by atoms with van der Waals surface area (Å²) in [6.07, 6.45) is 0.00588. The molecule has 0 rings (SSSR count). The van der Waals surface area contributed by atoms with Crippen molar-refractivity contribution in [3.63, 3.8) is 0 Å². The van der Waals surface area contributed by atoms with Gasteiger partial charge >= 0.3 is 0 Å². The molecule has 0 aromatic carbocycles. The van der Waals surface area contributed by atoms with Crippen LogP contribution in [-0.4, -0.2) is 18.1 Å². The molecule has 0 aliphatic carbocycles. The van der Waals surface area contributed by atoms with Gasteiger partial charge in [0.25, 0.3) is 0 Å². The maximum Gasteiger partial charge on any atom is 0.228 e. The van der Waals surface area contributed by atoms with Crippen molar-refractivity contribution >= 4 is 18.1 Å². The maximum atomic E-state index is 10.2. The Kier molecular flexibility index (Phi) is 3.10. The van der Waals surface area contributed by atoms with E-state index in [1.807, 2.05) is 0 Å². The van der Waals surface area contributed by atoms with Crippen LogP contribution in [0.25, 0.3) is 0 Å². The SMILES string of the molecule is NC(=O)CC(C=O)C(N)=O. The molecule has 0 bridgehead atoms. The second-order valence-electron chi connectivity index (χ2n) is 1.82. The number of hydrogen-bond donors (Lipinski definition) is 2. The van der Waals surface area contributed by atoms with E-state index < -0.39 is 17.7 Å². The van der Waals surface area contributed by atoms with E-state index in [-0.39, 0.29) is 6.42 Å². The van der Waals surface area contributed by atoms with Crippen LogP contribution in [0.15, 0.2) is 0 Å². The second kappa shape index (κ2) is 3.60. The van der Waals surface area contributed by atoms with Gasteiger partial charge in [-0.25, -0.2) is 0 Å². The molecule has 0 aliphatic rings. The van der Waals surface area contributed by atoms with Gasteiger partial charge < -0.3 is 16.3 Å². The zero-order valence-electron chi connectivity index (χ0n) is 5.24. The lowest BCUT2D eigenvalue weighted by atomic mass is 10.1. The molecule has 1 unspecified atom stereocenters. The average Bonchev–Trinajstić information content (AvgIpc) is 1.81. The van der Waals surface area contributed by atoms with Crippen molar-refractivity contribution < 1.29 is 14.4 Å². The van der Waals surface area contributed by atoms with Gasteiger partial charge in [0, 0.05) is 6.42 Å². The van der Waals surface area contributed by atoms with Crippen LogP contribution < -0.4 is 11.5 Å². The highest BCUT2D eigenvalue weighted by molar-refractivity contribution is 5.94. The molecular formula is C5H8N2O3. The standard InChI is InChI=1S/C5H8N2O3/c6-4(9)1-3(2-8)5(7)10/h2-3H,1H2,(H2,6,9)(H2,7,10). The third kappa shape index (κ3) is 2.81. The van der Waals surface area contributed by atoms with Crippen LogP contribution in [0.5, 0.6) is 0 Å². The summed E-state index contributed by atoms with van der Waals surface area (Å²) in [7, 11) is 0. The third-order valence-corrected chi connectivity index (χ3v) is 0.951. The Bertz CT molecular complexity index is 166. The van der Waals surface area contributed by atoms with Gasteiger partial charge in [0.05, 0.1) is 0 Å². The first kappa shape index (κ1) is 8.61. The molecule has 0 fully saturated rings. The molecule has 0 heterocycles. The molecule has 56 valence electrons. The van der Waals surface area contributed by atoms with Gasteiger partial charge in [-0.1, -0.05) is 0 Å². The summed E-state index contributed by atoms with van der Waals surface area (Å²) in [5.74, 6) is -2.61. The maximum absolute atomic E-state index is 10.2. The average molecular weight is 144 g/mol. The molecule has 4 N–H and O–H groups in total. The fourth-order valence-electron chi connectivity index (χ4n) is 0.433. The number of hydrogen-bond acceptors (Lipinski definition) is 3. The van der Waals surface area contributed by atoms with Crippen molar-refractivity contribution in [1.29, 1.82) is 0 Å². The number of rotatable bonds is 4. The van der Waals surface area contributed by atoms with E-state index in [2.05, 4.69) is 0 Å². The molecule has 0 spiro atoms. The first-order valence-electron chi connectivity index (χ1n) is 2.61. The first-order chi connectivity index (χ1) is 4.57. The molecule has 5 heteroatoms. The molecule has 0 aromatic heterocycles. The Labute approximate surface area is 57.4 Å². The Balaban J connectivity index is 3.96. The van der Waals surface area contributed by atoms with Gasteiger partial charge in [0.2, 0.25) is 11.8 Å². The Morgan fingerprint density at radius 1 is 1.40 bits per heavy atom. The van der Waals surface area contributed by atoms with Crippen LogP contribution in [0.3, 0.4) is 0 Å². The van der Waals surface area contributed by atoms with Gasteiger partial charge in [0.1, 0.15) is 12.2 Å². The number of aldehydes is 1. The molecule has 0 aliphatic heterocycles. The summed E-state index contributed by atoms with van der Waals surface area (Å²) in [6, 6.07) is 0. The van der Waals surface area contributed by atoms with Crippen LogP contribution in [0.2, 0.25) is 0 Å². The summed E-state index contributed by atoms with van der Waals surface area (Å²) in [6.45, 7) is 0. The Morgan fingerprint density at radius 3 is 2.00 bits per heavy atom. The zero-order valence-corrected chi connectivity index (χ0v) is 5.24. The Morgan fingerprint density at radius 2 is 1.90 bits per heavy atom. The predicted molar refractivity (Wildman–Crippen MR) is 32.6 cm³/mol. The smallest absolute Gasteiger partial charge is 0.228 e. The molecule has 0 radical (unpaired) electrons. The summed E-state index contributed by atoms with van der Waals surface area (Å²) in [5.41, 5.74) is 9.42. The lowest BCUT2D eigenvalue weighted by Gasteiger charge is -1.99. The molecule has 1 atom stereocenters. The molecule has 5 nitrogen and oxygen atoms in total. The minimum atomic E-state index is -1.07. The second-order valence-corrected chi connectivity index (χ2v) is 1.82. The third-order valence-electron chi connectivity index (χ3n) is 0.951. The lowest BCUT2D eigenvalue weighted by Crippen LogP contribution is -2.29. The molecular weight excluding hydrogens is 136 g/mol. The van der Waals surface area contributed by atoms with Crippen molar-refractivity contribution in [2.75, 3.05) is 0 Å². The first-order valence-corrected chi connectivity index (χ1v) is 2.61. The quantitative estimate of drug-likeness (QED) is 0.358. The number of amides is 2. The van der Waals surface area contributed by atoms with Crippen molar-refractivity contribution in [2.24, 2.45) is 17.4 Å². The van der Waals surface area contributed by atoms with Crippen LogP contribution in [0, 0.1) is 5.92 Å². The van der Waals surface area contributed by atoms with Crippen molar-refractivity contribution in [2.45, 2.75) is 6.42 Å². The van der Waals surface area contributed by atoms with E-state index in [1.54, 1.807) is 0 Å². The highest BCUT2D eigenvalue weighted by Crippen LogP contribution is 1.95. The van der Waals surface area contributed by atoms with Gasteiger partial charge in [-0.2, -0.15) is 0 Å². The fraction of sp³-hybridized carbons (Fsp3) is 0.400. The van der Waals surface area contributed by atoms with Crippen LogP contribution >= 0.6 is 0 Å². The topological polar surface area (TPSA) is 103 Å². The van der Waals surface area contributed by atoms with E-state index >= 15 is 0 Å². The predicted octanol–water partition coefficient (Wildman–Crippen LogP) is -1.84. The monoisotopic (exact) mass is 144 g/mol. The zero-order chi connectivity index (χ0) is 8.15. The van der Waals surface area contributed by atoms with E-state index in [0.717, 1.165) is 0 Å². The Hall–Kier alpha value is -1.39. The van der Waals surface area contributed by atoms with Crippen LogP contribution in [0.1, 0.15) is 6.42 Å². The summed E-state index contributed by atoms with van der Waals surface area (Å²) in [4.78, 5) is 30.4. The van der Waals surface area contributed by atoms with E-state index in [1.165, 1.54) is 0 Å². The number of nitrogens with two attached hydrogens (primary N) is 2. The normalized spacial score (nSPS) is 12.0. The molecule has 10 heavy (non-hydrogen) atoms. The number of primary amides is 2. The highest BCUT2D eigenvalue weighted by atomic mass is 16.2. The van der Waals surface area contributed by atoms with Gasteiger partial charge in [0.15, 0.2) is 0 Å². The number of carbonyl (C=O) groups excluding carboxylic acids is 3. The molecule has 0 aromatic rings. The van der Waals surface area contributed by atoms with Gasteiger partial charge in [-0.15, -0.1) is 0 Å². The van der Waals surface area contributed by atoms with Gasteiger partial charge in [-0.05, 0) is 0 Å². The van der Waals surface area contributed by atoms with E-state index in [0.29, 0.717) is 6.29 Å². The molecule has 2 amide bonds. The minimum absolute atomic E-state index is 0.307. The number of carbonyl (C=O) groups is 3. The van der Waals surface area contributed by atoms with Crippen LogP contribution in [-0.2, 0) is 14.4 Å². The van der Waals surface area contributed by atoms with Crippen molar-refractivity contribution in [3.05, 3.63) is 0 Å². The largest absolute Gasteiger partial charge is 0.370 e. The van der Waals surface area contributed by atoms with Gasteiger partial charge in [-0.3, -0.25) is 9.59 Å². The van der Waals surface area contributed by atoms with E-state index in [9.17, 15) is 14.4 Å². The molecule has 0 saturated heterocycles. The highest BCUT2D eigenvalue weighted by Gasteiger charge is 2.15. The lowest BCUT2D eigenvalue weighted by molar-refractivity contribution is -0.131. The van der Waals surface area contributed by atoms with Crippen molar-refractivity contribution in [3.8, 4) is 0 Å². The summed E-state index contributed by atoms with van der Waals surface area (Å²) >= 11 is 0.